The molecule has 28 aromatic rings. The van der Waals surface area contributed by atoms with Crippen LogP contribution in [0.15, 0.2) is 510 Å². The van der Waals surface area contributed by atoms with Crippen molar-refractivity contribution in [3.8, 4) is 111 Å². The van der Waals surface area contributed by atoms with Crippen LogP contribution < -0.4 is 0 Å². The van der Waals surface area contributed by atoms with Gasteiger partial charge in [-0.3, -0.25) is 4.98 Å². The summed E-state index contributed by atoms with van der Waals surface area (Å²) in [6.07, 6.45) is 1.87. The van der Waals surface area contributed by atoms with Crippen LogP contribution in [0.2, 0.25) is 0 Å². The number of para-hydroxylation sites is 1. The molecule has 0 aliphatic heterocycles. The molecule has 0 radical (unpaired) electrons. The van der Waals surface area contributed by atoms with Crippen molar-refractivity contribution in [2.45, 2.75) is 0 Å². The van der Waals surface area contributed by atoms with Gasteiger partial charge in [-0.25, -0.2) is 15.0 Å². The van der Waals surface area contributed by atoms with E-state index in [0.29, 0.717) is 0 Å². The molecule has 0 aliphatic rings. The summed E-state index contributed by atoms with van der Waals surface area (Å²) in [5.41, 5.74) is 31.3. The molecule has 640 valence electrons. The molecular formula is C134H84N4. The maximum Gasteiger partial charge on any atom is 0.0794 e. The zero-order chi connectivity index (χ0) is 91.1. The fourth-order valence-corrected chi connectivity index (χ4v) is 21.4. The molecular weight excluding hydrogens is 1670 g/mol. The van der Waals surface area contributed by atoms with E-state index in [2.05, 4.69) is 497 Å². The van der Waals surface area contributed by atoms with Crippen LogP contribution in [0.5, 0.6) is 0 Å². The van der Waals surface area contributed by atoms with Gasteiger partial charge >= 0.3 is 0 Å². The van der Waals surface area contributed by atoms with Crippen LogP contribution >= 0.6 is 0 Å². The predicted molar refractivity (Wildman–Crippen MR) is 587 cm³/mol. The predicted octanol–water partition coefficient (Wildman–Crippen LogP) is 36.6. The molecule has 0 unspecified atom stereocenters. The minimum atomic E-state index is 1.02. The number of nitrogens with zero attached hydrogens (tertiary/aromatic N) is 4. The van der Waals surface area contributed by atoms with Gasteiger partial charge in [0, 0.05) is 98.5 Å². The maximum atomic E-state index is 5.39. The zero-order valence-electron chi connectivity index (χ0n) is 75.3. The first-order valence-electron chi connectivity index (χ1n) is 47.3. The van der Waals surface area contributed by atoms with Gasteiger partial charge in [-0.15, -0.1) is 0 Å². The number of hydrogen-bond acceptors (Lipinski definition) is 4. The first kappa shape index (κ1) is 80.6. The van der Waals surface area contributed by atoms with Gasteiger partial charge < -0.3 is 0 Å². The molecule has 0 atom stereocenters. The van der Waals surface area contributed by atoms with Gasteiger partial charge in [-0.05, 0) is 191 Å². The van der Waals surface area contributed by atoms with Gasteiger partial charge in [-0.2, -0.15) is 0 Å². The van der Waals surface area contributed by atoms with E-state index in [-0.39, 0.29) is 0 Å². The number of fused-ring (bicyclic) bond motifs is 22. The molecule has 4 heteroatoms. The molecule has 0 saturated carbocycles. The van der Waals surface area contributed by atoms with Crippen molar-refractivity contribution in [2.75, 3.05) is 0 Å². The van der Waals surface area contributed by atoms with Crippen molar-refractivity contribution in [1.29, 1.82) is 0 Å². The van der Waals surface area contributed by atoms with Crippen LogP contribution in [-0.2, 0) is 0 Å². The first-order chi connectivity index (χ1) is 68.4. The molecule has 0 bridgehead atoms. The Labute approximate surface area is 797 Å². The summed E-state index contributed by atoms with van der Waals surface area (Å²) < 4.78 is 0. The third kappa shape index (κ3) is 14.3. The molecule has 0 amide bonds. The van der Waals surface area contributed by atoms with Crippen LogP contribution in [0, 0.1) is 0 Å². The molecule has 0 saturated heterocycles. The minimum Gasteiger partial charge on any atom is -0.256 e. The molecule has 138 heavy (non-hydrogen) atoms. The van der Waals surface area contributed by atoms with Crippen molar-refractivity contribution in [1.82, 2.24) is 19.9 Å². The zero-order valence-corrected chi connectivity index (χ0v) is 75.3. The fourth-order valence-electron chi connectivity index (χ4n) is 21.4. The highest BCUT2D eigenvalue weighted by molar-refractivity contribution is 6.25. The van der Waals surface area contributed by atoms with E-state index in [1.165, 1.54) is 219 Å². The minimum absolute atomic E-state index is 1.02. The highest BCUT2D eigenvalue weighted by Crippen LogP contribution is 2.48. The summed E-state index contributed by atoms with van der Waals surface area (Å²) >= 11 is 0. The lowest BCUT2D eigenvalue weighted by Crippen LogP contribution is -1.92. The Morgan fingerprint density at radius 3 is 0.775 bits per heavy atom. The average Bonchev–Trinajstić information content (AvgIpc) is 0.735. The van der Waals surface area contributed by atoms with Gasteiger partial charge in [0.1, 0.15) is 0 Å². The SMILES string of the molecule is c1cc(-c2cccc(-c3cccc4cccnc34)c2)cc(-c2c3ccc4ccccc4c3nc3c2ccc2ccccc23)c1.c1ccc(-c2cc(-c3ccccc3)cc(-c3ccc(-c4cccc(-c5c6ccc7ccccc7c6nc6c5ccc5ccccc56)c4)cc3)c2)cc1.c1ccc2c(c1)cc(-c1ccc(-c3c4ccc5ccccc5c4nc4c3ccc3ccccc34)cc1)c1ccccc12. The third-order valence-corrected chi connectivity index (χ3v) is 28.1. The molecule has 4 aromatic heterocycles. The lowest BCUT2D eigenvalue weighted by molar-refractivity contribution is 1.41. The van der Waals surface area contributed by atoms with Crippen LogP contribution in [0.25, 0.3) is 274 Å². The summed E-state index contributed by atoms with van der Waals surface area (Å²) in [4.78, 5) is 20.8. The second-order valence-electron chi connectivity index (χ2n) is 36.1. The standard InChI is InChI=1S/C51H33N.C42H26N2.C41H25N/c1-3-12-34(13-4-1)42-31-43(35-14-5-2-6-15-35)33-44(32-42)37-24-22-36(23-25-37)40-18-11-19-41(30-40)49-47-28-26-38-16-7-9-20-45(38)50(47)52-51-46-21-10-8-17-39(46)27-29-48(49)51;1-3-17-34-27(9-1)20-22-37-39(38-23-21-28-10-2-4-18-35(28)42(38)44-41(34)37)33-15-6-13-31(26-33)30-12-5-14-32(25-30)36-19-7-11-29-16-8-24-43-40(29)36;1-5-13-32-26(9-1)21-23-36-39(37-24-22-27-10-2-6-14-33(27)41(37)42-40(32)36)29-19-17-28(18-20-29)38-25-30-11-3-4-12-31(30)34-15-7-8-16-35(34)38/h1-33H;1-26H;1-25H. The Balaban J connectivity index is 0.000000108. The number of benzene rings is 24. The molecule has 0 aliphatic carbocycles. The number of pyridine rings is 4. The second kappa shape index (κ2) is 34.1. The second-order valence-corrected chi connectivity index (χ2v) is 36.1. The third-order valence-electron chi connectivity index (χ3n) is 28.1. The number of rotatable bonds is 10. The average molecular weight is 1750 g/mol. The Morgan fingerprint density at radius 2 is 0.370 bits per heavy atom. The summed E-state index contributed by atoms with van der Waals surface area (Å²) in [5.74, 6) is 0. The molecule has 0 N–H and O–H groups in total. The number of hydrogen-bond donors (Lipinski definition) is 0. The van der Waals surface area contributed by atoms with Gasteiger partial charge in [0.2, 0.25) is 0 Å². The Bertz CT molecular complexity index is 9430. The topological polar surface area (TPSA) is 51.6 Å². The Morgan fingerprint density at radius 1 is 0.109 bits per heavy atom. The summed E-state index contributed by atoms with van der Waals surface area (Å²) in [6.45, 7) is 0. The normalized spacial score (nSPS) is 11.6. The van der Waals surface area contributed by atoms with Crippen LogP contribution in [0.4, 0.5) is 0 Å². The monoisotopic (exact) mass is 1750 g/mol. The van der Waals surface area contributed by atoms with E-state index >= 15 is 0 Å². The Kier molecular flexibility index (Phi) is 19.9. The van der Waals surface area contributed by atoms with E-state index in [0.717, 1.165) is 55.1 Å². The maximum absolute atomic E-state index is 5.39. The van der Waals surface area contributed by atoms with Crippen molar-refractivity contribution >= 4 is 163 Å². The highest BCUT2D eigenvalue weighted by Gasteiger charge is 2.23. The quantitative estimate of drug-likeness (QED) is 0.101. The summed E-state index contributed by atoms with van der Waals surface area (Å²) in [6, 6.07) is 182. The van der Waals surface area contributed by atoms with Gasteiger partial charge in [-0.1, -0.05) is 455 Å². The number of aromatic nitrogens is 4. The van der Waals surface area contributed by atoms with Crippen molar-refractivity contribution in [2.24, 2.45) is 0 Å². The fraction of sp³-hybridized carbons (Fsp3) is 0. The van der Waals surface area contributed by atoms with Gasteiger partial charge in [0.25, 0.3) is 0 Å². The smallest absolute Gasteiger partial charge is 0.0794 e. The first-order valence-corrected chi connectivity index (χ1v) is 47.3. The lowest BCUT2D eigenvalue weighted by Gasteiger charge is -2.16. The van der Waals surface area contributed by atoms with Crippen LogP contribution in [0.1, 0.15) is 0 Å². The molecule has 28 rings (SSSR count). The molecule has 0 fully saturated rings. The molecule has 0 spiro atoms. The molecule has 4 heterocycles. The van der Waals surface area contributed by atoms with Crippen LogP contribution in [-0.4, -0.2) is 19.9 Å². The van der Waals surface area contributed by atoms with Gasteiger partial charge in [0.05, 0.1) is 38.6 Å². The van der Waals surface area contributed by atoms with E-state index in [9.17, 15) is 0 Å². The van der Waals surface area contributed by atoms with Crippen molar-refractivity contribution in [3.63, 3.8) is 0 Å². The Hall–Kier alpha value is -18.2. The molecule has 4 nitrogen and oxygen atoms in total. The lowest BCUT2D eigenvalue weighted by atomic mass is 9.90. The van der Waals surface area contributed by atoms with E-state index < -0.39 is 0 Å². The van der Waals surface area contributed by atoms with E-state index in [1.807, 2.05) is 12.3 Å². The highest BCUT2D eigenvalue weighted by atomic mass is 14.7. The van der Waals surface area contributed by atoms with Crippen LogP contribution in [0.3, 0.4) is 0 Å². The van der Waals surface area contributed by atoms with Crippen molar-refractivity contribution in [3.05, 3.63) is 510 Å². The van der Waals surface area contributed by atoms with E-state index in [4.69, 9.17) is 19.9 Å². The largest absolute Gasteiger partial charge is 0.256 e. The summed E-state index contributed by atoms with van der Waals surface area (Å²) in [7, 11) is 0. The van der Waals surface area contributed by atoms with E-state index in [1.54, 1.807) is 0 Å². The molecule has 24 aromatic carbocycles. The van der Waals surface area contributed by atoms with Gasteiger partial charge in [0.15, 0.2) is 0 Å². The van der Waals surface area contributed by atoms with Crippen molar-refractivity contribution < 1.29 is 0 Å². The summed E-state index contributed by atoms with van der Waals surface area (Å²) in [5, 5.41) is 27.6.